The molecule has 3 heterocycles. The molecular formula is C13H20O2. The molecule has 2 saturated carbocycles. The molecule has 5 aliphatic rings. The summed E-state index contributed by atoms with van der Waals surface area (Å²) in [5.41, 5.74) is 0.554. The summed E-state index contributed by atoms with van der Waals surface area (Å²) < 4.78 is 12.4. The molecule has 0 amide bonds. The summed E-state index contributed by atoms with van der Waals surface area (Å²) in [5.74, 6) is 0.879. The van der Waals surface area contributed by atoms with Crippen LogP contribution in [0, 0.1) is 11.3 Å². The van der Waals surface area contributed by atoms with Crippen LogP contribution in [0.25, 0.3) is 0 Å². The lowest BCUT2D eigenvalue weighted by Gasteiger charge is -2.69. The summed E-state index contributed by atoms with van der Waals surface area (Å²) in [7, 11) is 0. The molecule has 5 rings (SSSR count). The van der Waals surface area contributed by atoms with Crippen LogP contribution in [0.3, 0.4) is 0 Å². The van der Waals surface area contributed by atoms with Gasteiger partial charge in [-0.25, -0.2) is 0 Å². The fourth-order valence-corrected chi connectivity index (χ4v) is 5.01. The van der Waals surface area contributed by atoms with Gasteiger partial charge in [0.25, 0.3) is 0 Å². The maximum Gasteiger partial charge on any atom is 0.159 e. The number of hydrogen-bond acceptors (Lipinski definition) is 2. The Bertz CT molecular complexity index is 279. The fourth-order valence-electron chi connectivity index (χ4n) is 5.01. The van der Waals surface area contributed by atoms with Crippen molar-refractivity contribution in [2.75, 3.05) is 0 Å². The fraction of sp³-hybridized carbons (Fsp3) is 1.00. The third-order valence-corrected chi connectivity index (χ3v) is 5.83. The highest BCUT2D eigenvalue weighted by Gasteiger charge is 2.68. The van der Waals surface area contributed by atoms with Crippen molar-refractivity contribution in [3.8, 4) is 0 Å². The molecule has 3 aliphatic heterocycles. The Hall–Kier alpha value is -0.0800. The first-order chi connectivity index (χ1) is 7.25. The summed E-state index contributed by atoms with van der Waals surface area (Å²) >= 11 is 0. The van der Waals surface area contributed by atoms with E-state index in [2.05, 4.69) is 6.92 Å². The number of ether oxygens (including phenoxy) is 2. The summed E-state index contributed by atoms with van der Waals surface area (Å²) in [5, 5.41) is 0. The van der Waals surface area contributed by atoms with E-state index >= 15 is 0 Å². The second-order valence-electron chi connectivity index (χ2n) is 6.17. The van der Waals surface area contributed by atoms with E-state index in [1.165, 1.54) is 38.5 Å². The van der Waals surface area contributed by atoms with Gasteiger partial charge in [0.05, 0.1) is 11.7 Å². The largest absolute Gasteiger partial charge is 0.349 e. The van der Waals surface area contributed by atoms with Gasteiger partial charge in [-0.2, -0.15) is 0 Å². The van der Waals surface area contributed by atoms with E-state index in [-0.39, 0.29) is 11.9 Å². The maximum absolute atomic E-state index is 6.30. The zero-order valence-corrected chi connectivity index (χ0v) is 9.50. The molecule has 0 N–H and O–H groups in total. The second-order valence-corrected chi connectivity index (χ2v) is 6.17. The Morgan fingerprint density at radius 2 is 1.93 bits per heavy atom. The van der Waals surface area contributed by atoms with E-state index in [4.69, 9.17) is 9.47 Å². The molecule has 84 valence electrons. The minimum absolute atomic E-state index is 0.141. The highest BCUT2D eigenvalue weighted by atomic mass is 16.7. The van der Waals surface area contributed by atoms with Crippen LogP contribution < -0.4 is 0 Å². The van der Waals surface area contributed by atoms with Crippen molar-refractivity contribution in [1.82, 2.24) is 0 Å². The molecule has 0 aromatic carbocycles. The zero-order chi connectivity index (χ0) is 10.1. The second kappa shape index (κ2) is 2.60. The quantitative estimate of drug-likeness (QED) is 0.609. The van der Waals surface area contributed by atoms with Gasteiger partial charge in [-0.3, -0.25) is 0 Å². The van der Waals surface area contributed by atoms with Gasteiger partial charge in [-0.05, 0) is 38.0 Å². The molecule has 2 nitrogen and oxygen atoms in total. The van der Waals surface area contributed by atoms with Gasteiger partial charge in [0, 0.05) is 11.8 Å². The molecule has 3 saturated heterocycles. The molecule has 0 aromatic heterocycles. The van der Waals surface area contributed by atoms with E-state index in [9.17, 15) is 0 Å². The molecule has 2 heteroatoms. The van der Waals surface area contributed by atoms with E-state index in [0.717, 1.165) is 12.3 Å². The van der Waals surface area contributed by atoms with Crippen molar-refractivity contribution >= 4 is 0 Å². The third kappa shape index (κ3) is 0.861. The molecule has 15 heavy (non-hydrogen) atoms. The number of rotatable bonds is 0. The van der Waals surface area contributed by atoms with E-state index < -0.39 is 0 Å². The smallest absolute Gasteiger partial charge is 0.159 e. The van der Waals surface area contributed by atoms with Gasteiger partial charge in [0.15, 0.2) is 6.29 Å². The van der Waals surface area contributed by atoms with Gasteiger partial charge in [0.1, 0.15) is 0 Å². The van der Waals surface area contributed by atoms with Crippen LogP contribution in [-0.2, 0) is 9.47 Å². The Labute approximate surface area is 91.3 Å². The van der Waals surface area contributed by atoms with E-state index in [0.29, 0.717) is 11.5 Å². The minimum atomic E-state index is 0.141. The standard InChI is InChI=1S/C13H20O2/c1-12-9-4-2-6-13(12)7-3-5-10(12)14-11(8-9)15-13/h9-11H,2-8H2,1H3/t9-,10-,11+,12-,13+/m0/s1. The van der Waals surface area contributed by atoms with Gasteiger partial charge >= 0.3 is 0 Å². The number of hydrogen-bond donors (Lipinski definition) is 0. The SMILES string of the molecule is C[C@@]12[C@H]3CCC[C@@]14CCC[C@@H]2O[C@@H](C3)O4. The molecule has 5 bridgehead atoms. The molecule has 0 unspecified atom stereocenters. The lowest BCUT2D eigenvalue weighted by Crippen LogP contribution is -2.72. The lowest BCUT2D eigenvalue weighted by atomic mass is 9.48. The van der Waals surface area contributed by atoms with Gasteiger partial charge in [0.2, 0.25) is 0 Å². The molecule has 0 radical (unpaired) electrons. The van der Waals surface area contributed by atoms with Gasteiger partial charge in [-0.15, -0.1) is 0 Å². The average Bonchev–Trinajstić information content (AvgIpc) is 2.14. The van der Waals surface area contributed by atoms with Crippen LogP contribution in [0.1, 0.15) is 51.9 Å². The summed E-state index contributed by atoms with van der Waals surface area (Å²) in [6, 6.07) is 0. The van der Waals surface area contributed by atoms with E-state index in [1.807, 2.05) is 0 Å². The van der Waals surface area contributed by atoms with Crippen LogP contribution in [0.2, 0.25) is 0 Å². The Kier molecular flexibility index (Phi) is 1.56. The third-order valence-electron chi connectivity index (χ3n) is 5.83. The normalized spacial score (nSPS) is 61.8. The van der Waals surface area contributed by atoms with Crippen molar-refractivity contribution < 1.29 is 9.47 Å². The van der Waals surface area contributed by atoms with Crippen LogP contribution in [0.4, 0.5) is 0 Å². The van der Waals surface area contributed by atoms with Crippen LogP contribution in [0.15, 0.2) is 0 Å². The highest BCUT2D eigenvalue weighted by molar-refractivity contribution is 5.15. The molecular weight excluding hydrogens is 188 g/mol. The van der Waals surface area contributed by atoms with Crippen molar-refractivity contribution in [1.29, 1.82) is 0 Å². The zero-order valence-electron chi connectivity index (χ0n) is 9.50. The van der Waals surface area contributed by atoms with E-state index in [1.54, 1.807) is 0 Å². The van der Waals surface area contributed by atoms with Crippen molar-refractivity contribution in [3.05, 3.63) is 0 Å². The van der Waals surface area contributed by atoms with Gasteiger partial charge < -0.3 is 9.47 Å². The first-order valence-corrected chi connectivity index (χ1v) is 6.58. The first-order valence-electron chi connectivity index (χ1n) is 6.58. The average molecular weight is 208 g/mol. The summed E-state index contributed by atoms with van der Waals surface area (Å²) in [6.07, 6.45) is 9.75. The summed E-state index contributed by atoms with van der Waals surface area (Å²) in [4.78, 5) is 0. The monoisotopic (exact) mass is 208 g/mol. The molecule has 5 fully saturated rings. The first kappa shape index (κ1) is 9.00. The molecule has 5 atom stereocenters. The van der Waals surface area contributed by atoms with Crippen LogP contribution >= 0.6 is 0 Å². The van der Waals surface area contributed by atoms with Gasteiger partial charge in [-0.1, -0.05) is 13.3 Å². The topological polar surface area (TPSA) is 18.5 Å². The minimum Gasteiger partial charge on any atom is -0.349 e. The van der Waals surface area contributed by atoms with Crippen LogP contribution in [-0.4, -0.2) is 18.0 Å². The maximum atomic E-state index is 6.30. The Morgan fingerprint density at radius 3 is 2.73 bits per heavy atom. The molecule has 2 aliphatic carbocycles. The highest BCUT2D eigenvalue weighted by Crippen LogP contribution is 2.66. The van der Waals surface area contributed by atoms with Crippen molar-refractivity contribution in [2.45, 2.75) is 69.9 Å². The lowest BCUT2D eigenvalue weighted by molar-refractivity contribution is -0.415. The predicted octanol–water partition coefficient (Wildman–Crippen LogP) is 2.86. The van der Waals surface area contributed by atoms with Crippen molar-refractivity contribution in [3.63, 3.8) is 0 Å². The predicted molar refractivity (Wildman–Crippen MR) is 56.4 cm³/mol. The Morgan fingerprint density at radius 1 is 1.13 bits per heavy atom. The Balaban J connectivity index is 1.87. The molecule has 0 aromatic rings. The van der Waals surface area contributed by atoms with Crippen LogP contribution in [0.5, 0.6) is 0 Å². The molecule has 0 spiro atoms. The van der Waals surface area contributed by atoms with Crippen molar-refractivity contribution in [2.24, 2.45) is 11.3 Å². The summed E-state index contributed by atoms with van der Waals surface area (Å²) in [6.45, 7) is 2.45.